The van der Waals surface area contributed by atoms with Crippen LogP contribution in [0, 0.1) is 6.92 Å². The van der Waals surface area contributed by atoms with E-state index in [-0.39, 0.29) is 17.2 Å². The number of aromatic hydroxyl groups is 1. The summed E-state index contributed by atoms with van der Waals surface area (Å²) in [5, 5.41) is 18.4. The van der Waals surface area contributed by atoms with E-state index in [0.717, 1.165) is 10.7 Å². The third kappa shape index (κ3) is 4.12. The smallest absolute Gasteiger partial charge is 0.435 e. The maximum Gasteiger partial charge on any atom is 0.435 e. The van der Waals surface area contributed by atoms with Crippen LogP contribution in [0.2, 0.25) is 0 Å². The lowest BCUT2D eigenvalue weighted by atomic mass is 10.1. The second kappa shape index (κ2) is 7.05. The third-order valence-corrected chi connectivity index (χ3v) is 4.11. The van der Waals surface area contributed by atoms with Gasteiger partial charge in [-0.05, 0) is 61.0 Å². The van der Waals surface area contributed by atoms with Crippen molar-refractivity contribution in [3.63, 3.8) is 0 Å². The standard InChI is InChI=1S/C17H14F3N3O3S/c1-10-8-11(2-7-15(10)24)14-9-16(17(18,19)20)22-23(14)12-3-5-13(6-4-12)26-27(21)25/h2-9,24H,21H2,1H3. The van der Waals surface area contributed by atoms with Crippen molar-refractivity contribution in [1.29, 1.82) is 0 Å². The Kier molecular flexibility index (Phi) is 4.94. The van der Waals surface area contributed by atoms with Crippen LogP contribution in [0.5, 0.6) is 11.5 Å². The van der Waals surface area contributed by atoms with Crippen molar-refractivity contribution in [3.8, 4) is 28.4 Å². The number of hydrogen-bond acceptors (Lipinski definition) is 4. The van der Waals surface area contributed by atoms with Crippen LogP contribution in [0.25, 0.3) is 16.9 Å². The van der Waals surface area contributed by atoms with Crippen molar-refractivity contribution in [2.24, 2.45) is 5.14 Å². The largest absolute Gasteiger partial charge is 0.508 e. The average Bonchev–Trinajstić information content (AvgIpc) is 3.03. The van der Waals surface area contributed by atoms with Crippen molar-refractivity contribution < 1.29 is 26.7 Å². The summed E-state index contributed by atoms with van der Waals surface area (Å²) in [5.74, 6) is 0.238. The number of phenolic OH excluding ortho intramolecular Hbond substituents is 1. The van der Waals surface area contributed by atoms with Gasteiger partial charge in [0.25, 0.3) is 11.3 Å². The molecule has 3 N–H and O–H groups in total. The van der Waals surface area contributed by atoms with Crippen LogP contribution in [-0.2, 0) is 17.4 Å². The van der Waals surface area contributed by atoms with Crippen LogP contribution in [0.4, 0.5) is 13.2 Å². The SMILES string of the molecule is Cc1cc(-c2cc(C(F)(F)F)nn2-c2ccc(OS(N)=O)cc2)ccc1O. The van der Waals surface area contributed by atoms with E-state index in [4.69, 9.17) is 9.32 Å². The molecule has 142 valence electrons. The summed E-state index contributed by atoms with van der Waals surface area (Å²) in [5.41, 5.74) is 0.453. The molecule has 0 aliphatic rings. The normalized spacial score (nSPS) is 12.8. The number of hydrogen-bond donors (Lipinski definition) is 2. The molecule has 10 heteroatoms. The molecule has 0 aliphatic carbocycles. The number of halogens is 3. The van der Waals surface area contributed by atoms with Gasteiger partial charge in [-0.25, -0.2) is 9.82 Å². The monoisotopic (exact) mass is 397 g/mol. The summed E-state index contributed by atoms with van der Waals surface area (Å²) in [4.78, 5) is 0. The summed E-state index contributed by atoms with van der Waals surface area (Å²) in [7, 11) is 0. The van der Waals surface area contributed by atoms with Crippen molar-refractivity contribution in [2.45, 2.75) is 13.1 Å². The van der Waals surface area contributed by atoms with Crippen molar-refractivity contribution >= 4 is 11.3 Å². The first-order chi connectivity index (χ1) is 12.6. The molecule has 2 aromatic carbocycles. The molecule has 0 amide bonds. The van der Waals surface area contributed by atoms with E-state index < -0.39 is 23.1 Å². The van der Waals surface area contributed by atoms with Crippen LogP contribution < -0.4 is 9.32 Å². The Morgan fingerprint density at radius 2 is 1.81 bits per heavy atom. The van der Waals surface area contributed by atoms with Crippen LogP contribution in [0.15, 0.2) is 48.5 Å². The number of phenols is 1. The van der Waals surface area contributed by atoms with Gasteiger partial charge in [-0.3, -0.25) is 0 Å². The summed E-state index contributed by atoms with van der Waals surface area (Å²) in [6.45, 7) is 1.64. The Morgan fingerprint density at radius 1 is 1.15 bits per heavy atom. The maximum absolute atomic E-state index is 13.2. The summed E-state index contributed by atoms with van der Waals surface area (Å²) in [6, 6.07) is 11.2. The van der Waals surface area contributed by atoms with Crippen LogP contribution >= 0.6 is 0 Å². The summed E-state index contributed by atoms with van der Waals surface area (Å²) >= 11 is -2.01. The van der Waals surface area contributed by atoms with Crippen LogP contribution in [-0.4, -0.2) is 19.1 Å². The molecule has 1 unspecified atom stereocenters. The highest BCUT2D eigenvalue weighted by Gasteiger charge is 2.35. The van der Waals surface area contributed by atoms with E-state index in [1.54, 1.807) is 13.0 Å². The second-order valence-corrected chi connectivity index (χ2v) is 6.35. The molecular weight excluding hydrogens is 383 g/mol. The molecule has 0 saturated carbocycles. The zero-order chi connectivity index (χ0) is 19.8. The number of aryl methyl sites for hydroxylation is 1. The molecule has 0 saturated heterocycles. The molecule has 3 rings (SSSR count). The van der Waals surface area contributed by atoms with E-state index in [9.17, 15) is 22.5 Å². The first-order valence-corrected chi connectivity index (χ1v) is 8.71. The number of nitrogens with zero attached hydrogens (tertiary/aromatic N) is 2. The molecule has 1 heterocycles. The highest BCUT2D eigenvalue weighted by atomic mass is 32.2. The topological polar surface area (TPSA) is 90.4 Å². The van der Waals surface area contributed by atoms with E-state index in [1.165, 1.54) is 36.4 Å². The molecule has 0 bridgehead atoms. The van der Waals surface area contributed by atoms with Crippen LogP contribution in [0.3, 0.4) is 0 Å². The van der Waals surface area contributed by atoms with Crippen LogP contribution in [0.1, 0.15) is 11.3 Å². The summed E-state index contributed by atoms with van der Waals surface area (Å²) < 4.78 is 56.4. The lowest BCUT2D eigenvalue weighted by molar-refractivity contribution is -0.141. The molecular formula is C17H14F3N3O3S. The van der Waals surface area contributed by atoms with E-state index >= 15 is 0 Å². The van der Waals surface area contributed by atoms with Gasteiger partial charge in [0.15, 0.2) is 5.69 Å². The van der Waals surface area contributed by atoms with Gasteiger partial charge < -0.3 is 9.29 Å². The zero-order valence-electron chi connectivity index (χ0n) is 13.9. The first-order valence-electron chi connectivity index (χ1n) is 7.57. The molecule has 0 aliphatic heterocycles. The molecule has 0 radical (unpaired) electrons. The number of rotatable bonds is 4. The van der Waals surface area contributed by atoms with Gasteiger partial charge in [-0.15, -0.1) is 0 Å². The van der Waals surface area contributed by atoms with Gasteiger partial charge >= 0.3 is 6.18 Å². The molecule has 6 nitrogen and oxygen atoms in total. The van der Waals surface area contributed by atoms with Gasteiger partial charge in [-0.2, -0.15) is 22.5 Å². The number of alkyl halides is 3. The lowest BCUT2D eigenvalue weighted by Crippen LogP contribution is -2.10. The Balaban J connectivity index is 2.11. The molecule has 0 fully saturated rings. The van der Waals surface area contributed by atoms with Gasteiger partial charge in [0.1, 0.15) is 11.5 Å². The predicted octanol–water partition coefficient (Wildman–Crippen LogP) is 3.49. The molecule has 27 heavy (non-hydrogen) atoms. The highest BCUT2D eigenvalue weighted by Crippen LogP contribution is 2.34. The minimum Gasteiger partial charge on any atom is -0.508 e. The number of nitrogens with two attached hydrogens (primary N) is 1. The Morgan fingerprint density at radius 3 is 2.37 bits per heavy atom. The lowest BCUT2D eigenvalue weighted by Gasteiger charge is -2.10. The number of benzene rings is 2. The van der Waals surface area contributed by atoms with Gasteiger partial charge in [0, 0.05) is 5.56 Å². The van der Waals surface area contributed by atoms with E-state index in [1.807, 2.05) is 0 Å². The van der Waals surface area contributed by atoms with Crippen molar-refractivity contribution in [1.82, 2.24) is 9.78 Å². The van der Waals surface area contributed by atoms with Gasteiger partial charge in [0.05, 0.1) is 11.4 Å². The molecule has 1 atom stereocenters. The van der Waals surface area contributed by atoms with Gasteiger partial charge in [-0.1, -0.05) is 0 Å². The third-order valence-electron chi connectivity index (χ3n) is 3.75. The van der Waals surface area contributed by atoms with E-state index in [2.05, 4.69) is 5.10 Å². The fourth-order valence-corrected chi connectivity index (χ4v) is 2.78. The minimum absolute atomic E-state index is 0.0390. The molecule has 0 spiro atoms. The Hall–Kier alpha value is -2.85. The minimum atomic E-state index is -4.62. The fourth-order valence-electron chi connectivity index (χ4n) is 2.47. The zero-order valence-corrected chi connectivity index (χ0v) is 14.7. The average molecular weight is 397 g/mol. The first kappa shape index (κ1) is 18.9. The Bertz CT molecular complexity index is 1000. The summed E-state index contributed by atoms with van der Waals surface area (Å²) in [6.07, 6.45) is -4.62. The van der Waals surface area contributed by atoms with E-state index in [0.29, 0.717) is 16.8 Å². The van der Waals surface area contributed by atoms with Crippen molar-refractivity contribution in [3.05, 3.63) is 59.8 Å². The second-order valence-electron chi connectivity index (χ2n) is 5.66. The van der Waals surface area contributed by atoms with Gasteiger partial charge in [0.2, 0.25) is 0 Å². The fraction of sp³-hybridized carbons (Fsp3) is 0.118. The number of aromatic nitrogens is 2. The van der Waals surface area contributed by atoms with Crippen molar-refractivity contribution in [2.75, 3.05) is 0 Å². The quantitative estimate of drug-likeness (QED) is 0.705. The predicted molar refractivity (Wildman–Crippen MR) is 93.4 cm³/mol. The molecule has 1 aromatic heterocycles. The Labute approximate surface area is 154 Å². The maximum atomic E-state index is 13.2. The highest BCUT2D eigenvalue weighted by molar-refractivity contribution is 7.78. The molecule has 3 aromatic rings.